The van der Waals surface area contributed by atoms with Crippen LogP contribution < -0.4 is 0 Å². The number of fused-ring (bicyclic) bond motifs is 2. The highest BCUT2D eigenvalue weighted by Crippen LogP contribution is 2.30. The molecule has 0 amide bonds. The van der Waals surface area contributed by atoms with Crippen LogP contribution in [0, 0.1) is 0 Å². The van der Waals surface area contributed by atoms with Crippen molar-refractivity contribution in [3.05, 3.63) is 58.7 Å². The predicted octanol–water partition coefficient (Wildman–Crippen LogP) is 2.06. The SMILES string of the molecule is O=C1CC(=O)c2cc(S(=O)(=O)c3ccc4c(c3)C(=O)CC4=O)ccc21. The van der Waals surface area contributed by atoms with Crippen molar-refractivity contribution in [1.29, 1.82) is 0 Å². The molecule has 0 bridgehead atoms. The second-order valence-electron chi connectivity index (χ2n) is 5.96. The number of benzene rings is 2. The number of Topliss-reactive ketones (excluding diaryl/α,β-unsaturated/α-hetero) is 4. The fourth-order valence-corrected chi connectivity index (χ4v) is 4.45. The topological polar surface area (TPSA) is 102 Å². The van der Waals surface area contributed by atoms with Gasteiger partial charge in [0.1, 0.15) is 0 Å². The molecule has 0 spiro atoms. The first-order chi connectivity index (χ1) is 11.8. The highest BCUT2D eigenvalue weighted by atomic mass is 32.2. The molecule has 0 aromatic heterocycles. The molecule has 0 saturated heterocycles. The maximum Gasteiger partial charge on any atom is 0.206 e. The smallest absolute Gasteiger partial charge is 0.206 e. The van der Waals surface area contributed by atoms with Crippen molar-refractivity contribution in [3.8, 4) is 0 Å². The van der Waals surface area contributed by atoms with Crippen molar-refractivity contribution in [1.82, 2.24) is 0 Å². The van der Waals surface area contributed by atoms with Gasteiger partial charge in [-0.25, -0.2) is 8.42 Å². The molecule has 0 heterocycles. The second-order valence-corrected chi connectivity index (χ2v) is 7.91. The molecule has 0 aliphatic heterocycles. The first-order valence-corrected chi connectivity index (χ1v) is 8.93. The average Bonchev–Trinajstić information content (AvgIpc) is 3.03. The Morgan fingerprint density at radius 1 is 0.560 bits per heavy atom. The van der Waals surface area contributed by atoms with Gasteiger partial charge in [-0.15, -0.1) is 0 Å². The van der Waals surface area contributed by atoms with Gasteiger partial charge in [-0.1, -0.05) is 0 Å². The normalized spacial score (nSPS) is 16.3. The first kappa shape index (κ1) is 15.6. The molecule has 2 aromatic rings. The first-order valence-electron chi connectivity index (χ1n) is 7.45. The van der Waals surface area contributed by atoms with Gasteiger partial charge < -0.3 is 0 Å². The Kier molecular flexibility index (Phi) is 3.14. The van der Waals surface area contributed by atoms with E-state index in [2.05, 4.69) is 0 Å². The van der Waals surface area contributed by atoms with E-state index in [0.717, 1.165) is 0 Å². The number of sulfone groups is 1. The van der Waals surface area contributed by atoms with E-state index in [9.17, 15) is 27.6 Å². The summed E-state index contributed by atoms with van der Waals surface area (Å²) in [7, 11) is -3.99. The molecule has 6 nitrogen and oxygen atoms in total. The Labute approximate surface area is 142 Å². The predicted molar refractivity (Wildman–Crippen MR) is 84.9 cm³/mol. The zero-order valence-electron chi connectivity index (χ0n) is 12.7. The van der Waals surface area contributed by atoms with Crippen molar-refractivity contribution in [2.75, 3.05) is 0 Å². The summed E-state index contributed by atoms with van der Waals surface area (Å²) in [6.07, 6.45) is -0.511. The monoisotopic (exact) mass is 354 g/mol. The lowest BCUT2D eigenvalue weighted by Crippen LogP contribution is -2.05. The summed E-state index contributed by atoms with van der Waals surface area (Å²) in [6, 6.07) is 7.58. The lowest BCUT2D eigenvalue weighted by molar-refractivity contribution is 0.0906. The molecule has 124 valence electrons. The van der Waals surface area contributed by atoms with Crippen molar-refractivity contribution in [3.63, 3.8) is 0 Å². The van der Waals surface area contributed by atoms with Gasteiger partial charge in [-0.05, 0) is 36.4 Å². The van der Waals surface area contributed by atoms with E-state index in [0.29, 0.717) is 0 Å². The Hall–Kier alpha value is -2.93. The summed E-state index contributed by atoms with van der Waals surface area (Å²) >= 11 is 0. The van der Waals surface area contributed by atoms with Crippen molar-refractivity contribution >= 4 is 33.0 Å². The number of rotatable bonds is 2. The van der Waals surface area contributed by atoms with Crippen LogP contribution in [0.3, 0.4) is 0 Å². The molecular formula is C18H10O6S. The summed E-state index contributed by atoms with van der Waals surface area (Å²) in [5, 5.41) is 0. The molecule has 0 unspecified atom stereocenters. The van der Waals surface area contributed by atoms with Gasteiger partial charge in [0.05, 0.1) is 22.6 Å². The van der Waals surface area contributed by atoms with E-state index in [1.54, 1.807) is 0 Å². The summed E-state index contributed by atoms with van der Waals surface area (Å²) < 4.78 is 25.6. The molecule has 0 radical (unpaired) electrons. The van der Waals surface area contributed by atoms with E-state index >= 15 is 0 Å². The van der Waals surface area contributed by atoms with Crippen LogP contribution in [-0.2, 0) is 9.84 Å². The Morgan fingerprint density at radius 2 is 0.920 bits per heavy atom. The maximum atomic E-state index is 12.8. The molecule has 25 heavy (non-hydrogen) atoms. The minimum absolute atomic E-state index is 0.0958. The number of hydrogen-bond acceptors (Lipinski definition) is 6. The van der Waals surface area contributed by atoms with Crippen LogP contribution in [0.1, 0.15) is 54.3 Å². The van der Waals surface area contributed by atoms with Gasteiger partial charge in [0.15, 0.2) is 23.1 Å². The summed E-state index contributed by atoms with van der Waals surface area (Å²) in [4.78, 5) is 46.7. The minimum Gasteiger partial charge on any atom is -0.294 e. The molecule has 2 aromatic carbocycles. The quantitative estimate of drug-likeness (QED) is 0.765. The Bertz CT molecular complexity index is 1040. The van der Waals surface area contributed by atoms with Gasteiger partial charge in [-0.2, -0.15) is 0 Å². The third-order valence-electron chi connectivity index (χ3n) is 4.45. The summed E-state index contributed by atoms with van der Waals surface area (Å²) in [6.45, 7) is 0. The van der Waals surface area contributed by atoms with Crippen LogP contribution in [0.2, 0.25) is 0 Å². The van der Waals surface area contributed by atoms with Crippen molar-refractivity contribution in [2.45, 2.75) is 22.6 Å². The number of carbonyl (C=O) groups is 4. The van der Waals surface area contributed by atoms with Crippen LogP contribution in [-0.4, -0.2) is 31.6 Å². The zero-order chi connectivity index (χ0) is 17.9. The highest BCUT2D eigenvalue weighted by Gasteiger charge is 2.32. The van der Waals surface area contributed by atoms with Gasteiger partial charge in [0, 0.05) is 22.3 Å². The van der Waals surface area contributed by atoms with Crippen LogP contribution >= 0.6 is 0 Å². The maximum absolute atomic E-state index is 12.8. The largest absolute Gasteiger partial charge is 0.294 e. The van der Waals surface area contributed by atoms with E-state index < -0.39 is 21.4 Å². The average molecular weight is 354 g/mol. The second kappa shape index (κ2) is 5.03. The van der Waals surface area contributed by atoms with Crippen LogP contribution in [0.5, 0.6) is 0 Å². The molecule has 2 aliphatic rings. The lowest BCUT2D eigenvalue weighted by Gasteiger charge is -2.07. The molecular weight excluding hydrogens is 344 g/mol. The van der Waals surface area contributed by atoms with Crippen molar-refractivity contribution < 1.29 is 27.6 Å². The van der Waals surface area contributed by atoms with Crippen molar-refractivity contribution in [2.24, 2.45) is 0 Å². The number of carbonyl (C=O) groups excluding carboxylic acids is 4. The Morgan fingerprint density at radius 3 is 1.32 bits per heavy atom. The molecule has 4 rings (SSSR count). The van der Waals surface area contributed by atoms with E-state index in [-0.39, 0.29) is 56.5 Å². The molecule has 0 atom stereocenters. The fourth-order valence-electron chi connectivity index (χ4n) is 3.14. The minimum atomic E-state index is -3.99. The van der Waals surface area contributed by atoms with E-state index in [1.165, 1.54) is 36.4 Å². The van der Waals surface area contributed by atoms with E-state index in [4.69, 9.17) is 0 Å². The highest BCUT2D eigenvalue weighted by molar-refractivity contribution is 7.91. The molecule has 0 saturated carbocycles. The standard InChI is InChI=1S/C18H10O6S/c19-15-7-17(21)13-5-9(1-3-11(13)15)25(23,24)10-2-4-12-14(6-10)18(22)8-16(12)20/h1-6H,7-8H2. The lowest BCUT2D eigenvalue weighted by atomic mass is 10.1. The van der Waals surface area contributed by atoms with Gasteiger partial charge in [-0.3, -0.25) is 19.2 Å². The summed E-state index contributed by atoms with van der Waals surface area (Å²) in [5.41, 5.74) is 0.634. The molecule has 2 aliphatic carbocycles. The molecule has 0 N–H and O–H groups in total. The third kappa shape index (κ3) is 2.20. The van der Waals surface area contributed by atoms with Gasteiger partial charge >= 0.3 is 0 Å². The zero-order valence-corrected chi connectivity index (χ0v) is 13.6. The fraction of sp³-hybridized carbons (Fsp3) is 0.111. The number of ketones is 4. The third-order valence-corrected chi connectivity index (χ3v) is 6.20. The summed E-state index contributed by atoms with van der Waals surface area (Å²) in [5.74, 6) is -1.48. The van der Waals surface area contributed by atoms with Gasteiger partial charge in [0.2, 0.25) is 9.84 Å². The van der Waals surface area contributed by atoms with Crippen LogP contribution in [0.4, 0.5) is 0 Å². The van der Waals surface area contributed by atoms with Crippen LogP contribution in [0.15, 0.2) is 46.2 Å². The number of hydrogen-bond donors (Lipinski definition) is 0. The molecule has 7 heteroatoms. The van der Waals surface area contributed by atoms with Gasteiger partial charge in [0.25, 0.3) is 0 Å². The van der Waals surface area contributed by atoms with Crippen LogP contribution in [0.25, 0.3) is 0 Å². The Balaban J connectivity index is 1.84. The van der Waals surface area contributed by atoms with E-state index in [1.807, 2.05) is 0 Å². The molecule has 0 fully saturated rings.